The van der Waals surface area contributed by atoms with Crippen LogP contribution in [0.4, 0.5) is 5.69 Å². The molecule has 1 heterocycles. The number of benzene rings is 3. The maximum Gasteiger partial charge on any atom is 0.256 e. The van der Waals surface area contributed by atoms with Crippen LogP contribution < -0.4 is 5.32 Å². The van der Waals surface area contributed by atoms with Gasteiger partial charge in [-0.1, -0.05) is 55.5 Å². The Kier molecular flexibility index (Phi) is 5.11. The van der Waals surface area contributed by atoms with Crippen LogP contribution in [0.2, 0.25) is 0 Å². The molecule has 1 unspecified atom stereocenters. The summed E-state index contributed by atoms with van der Waals surface area (Å²) < 4.78 is 0. The minimum atomic E-state index is -0.205. The van der Waals surface area contributed by atoms with Gasteiger partial charge >= 0.3 is 0 Å². The summed E-state index contributed by atoms with van der Waals surface area (Å²) in [5.41, 5.74) is 1.71. The van der Waals surface area contributed by atoms with E-state index in [0.29, 0.717) is 22.7 Å². The molecule has 0 aromatic heterocycles. The predicted molar refractivity (Wildman–Crippen MR) is 113 cm³/mol. The number of hydrogen-bond donors (Lipinski definition) is 1. The Hall–Kier alpha value is -3.14. The maximum absolute atomic E-state index is 13.1. The third-order valence-corrected chi connectivity index (χ3v) is 5.38. The average Bonchev–Trinajstić information content (AvgIpc) is 2.73. The van der Waals surface area contributed by atoms with Gasteiger partial charge in [0.05, 0.1) is 11.3 Å². The van der Waals surface area contributed by atoms with Gasteiger partial charge < -0.3 is 10.2 Å². The first-order valence-electron chi connectivity index (χ1n) is 9.81. The van der Waals surface area contributed by atoms with Crippen LogP contribution in [0.15, 0.2) is 66.7 Å². The van der Waals surface area contributed by atoms with Crippen molar-refractivity contribution in [3.05, 3.63) is 77.9 Å². The number of nitrogens with one attached hydrogen (secondary N) is 1. The molecule has 28 heavy (non-hydrogen) atoms. The van der Waals surface area contributed by atoms with Crippen LogP contribution in [-0.4, -0.2) is 29.8 Å². The van der Waals surface area contributed by atoms with E-state index in [2.05, 4.69) is 12.2 Å². The summed E-state index contributed by atoms with van der Waals surface area (Å²) in [6.45, 7) is 3.72. The Morgan fingerprint density at radius 1 is 0.929 bits per heavy atom. The van der Waals surface area contributed by atoms with Crippen LogP contribution >= 0.6 is 0 Å². The van der Waals surface area contributed by atoms with E-state index in [1.807, 2.05) is 59.5 Å². The molecule has 4 nitrogen and oxygen atoms in total. The quantitative estimate of drug-likeness (QED) is 0.706. The SMILES string of the molecule is CC1CCCN(C(=O)c2ccccc2NC(=O)c2cccc3ccccc23)C1. The standard InChI is InChI=1S/C24H24N2O2/c1-17-8-7-15-26(16-17)24(28)21-12-4-5-14-22(21)25-23(27)20-13-6-10-18-9-2-3-11-19(18)20/h2-6,9-14,17H,7-8,15-16H2,1H3,(H,25,27). The highest BCUT2D eigenvalue weighted by molar-refractivity contribution is 6.14. The zero-order chi connectivity index (χ0) is 19.5. The monoisotopic (exact) mass is 372 g/mol. The topological polar surface area (TPSA) is 49.4 Å². The van der Waals surface area contributed by atoms with E-state index >= 15 is 0 Å². The first-order valence-corrected chi connectivity index (χ1v) is 9.81. The molecule has 1 aliphatic rings. The zero-order valence-corrected chi connectivity index (χ0v) is 16.0. The Labute approximate surface area is 165 Å². The number of nitrogens with zero attached hydrogens (tertiary/aromatic N) is 1. The molecular formula is C24H24N2O2. The number of piperidine rings is 1. The first kappa shape index (κ1) is 18.2. The van der Waals surface area contributed by atoms with Crippen molar-refractivity contribution >= 4 is 28.3 Å². The van der Waals surface area contributed by atoms with Crippen molar-refractivity contribution in [1.82, 2.24) is 4.90 Å². The van der Waals surface area contributed by atoms with Crippen LogP contribution in [0.3, 0.4) is 0 Å². The van der Waals surface area contributed by atoms with Crippen molar-refractivity contribution in [3.63, 3.8) is 0 Å². The fourth-order valence-electron chi connectivity index (χ4n) is 3.94. The van der Waals surface area contributed by atoms with Crippen molar-refractivity contribution in [3.8, 4) is 0 Å². The van der Waals surface area contributed by atoms with Crippen LogP contribution in [0, 0.1) is 5.92 Å². The number of likely N-dealkylation sites (tertiary alicyclic amines) is 1. The van der Waals surface area contributed by atoms with Gasteiger partial charge in [0.1, 0.15) is 0 Å². The average molecular weight is 372 g/mol. The van der Waals surface area contributed by atoms with Crippen LogP contribution in [0.1, 0.15) is 40.5 Å². The summed E-state index contributed by atoms with van der Waals surface area (Å²) in [6, 6.07) is 20.8. The molecule has 1 aliphatic heterocycles. The molecule has 1 fully saturated rings. The lowest BCUT2D eigenvalue weighted by atomic mass is 9.99. The van der Waals surface area contributed by atoms with Crippen LogP contribution in [0.25, 0.3) is 10.8 Å². The van der Waals surface area contributed by atoms with Gasteiger partial charge in [-0.3, -0.25) is 9.59 Å². The van der Waals surface area contributed by atoms with E-state index in [-0.39, 0.29) is 11.8 Å². The van der Waals surface area contributed by atoms with Crippen molar-refractivity contribution < 1.29 is 9.59 Å². The van der Waals surface area contributed by atoms with Crippen molar-refractivity contribution in [1.29, 1.82) is 0 Å². The number of carbonyl (C=O) groups is 2. The lowest BCUT2D eigenvalue weighted by Gasteiger charge is -2.31. The second-order valence-corrected chi connectivity index (χ2v) is 7.52. The summed E-state index contributed by atoms with van der Waals surface area (Å²) in [6.07, 6.45) is 2.18. The third kappa shape index (κ3) is 3.63. The highest BCUT2D eigenvalue weighted by atomic mass is 16.2. The van der Waals surface area contributed by atoms with E-state index in [4.69, 9.17) is 0 Å². The highest BCUT2D eigenvalue weighted by Crippen LogP contribution is 2.24. The van der Waals surface area contributed by atoms with Gasteiger partial charge in [-0.25, -0.2) is 0 Å². The smallest absolute Gasteiger partial charge is 0.256 e. The summed E-state index contributed by atoms with van der Waals surface area (Å²) >= 11 is 0. The van der Waals surface area contributed by atoms with Crippen LogP contribution in [0.5, 0.6) is 0 Å². The summed E-state index contributed by atoms with van der Waals surface area (Å²) in [5.74, 6) is 0.291. The second-order valence-electron chi connectivity index (χ2n) is 7.52. The summed E-state index contributed by atoms with van der Waals surface area (Å²) in [5, 5.41) is 4.88. The summed E-state index contributed by atoms with van der Waals surface area (Å²) in [4.78, 5) is 28.0. The minimum Gasteiger partial charge on any atom is -0.338 e. The maximum atomic E-state index is 13.1. The summed E-state index contributed by atoms with van der Waals surface area (Å²) in [7, 11) is 0. The van der Waals surface area contributed by atoms with E-state index in [0.717, 1.165) is 36.7 Å². The molecule has 0 aliphatic carbocycles. The molecule has 0 spiro atoms. The normalized spacial score (nSPS) is 16.8. The Bertz CT molecular complexity index is 1020. The first-order chi connectivity index (χ1) is 13.6. The van der Waals surface area contributed by atoms with Crippen molar-refractivity contribution in [2.24, 2.45) is 5.92 Å². The highest BCUT2D eigenvalue weighted by Gasteiger charge is 2.24. The third-order valence-electron chi connectivity index (χ3n) is 5.38. The number of rotatable bonds is 3. The zero-order valence-electron chi connectivity index (χ0n) is 16.0. The fourth-order valence-corrected chi connectivity index (χ4v) is 3.94. The van der Waals surface area contributed by atoms with Crippen LogP contribution in [-0.2, 0) is 0 Å². The van der Waals surface area contributed by atoms with Gasteiger partial charge in [-0.15, -0.1) is 0 Å². The molecule has 0 bridgehead atoms. The molecule has 1 N–H and O–H groups in total. The molecule has 4 rings (SSSR count). The number of para-hydroxylation sites is 1. The number of anilines is 1. The minimum absolute atomic E-state index is 0.0135. The molecular weight excluding hydrogens is 348 g/mol. The number of amides is 2. The Balaban J connectivity index is 1.62. The van der Waals surface area contributed by atoms with Crippen molar-refractivity contribution in [2.75, 3.05) is 18.4 Å². The van der Waals surface area contributed by atoms with E-state index in [1.54, 1.807) is 12.1 Å². The molecule has 3 aromatic rings. The molecule has 4 heteroatoms. The molecule has 0 saturated carbocycles. The predicted octanol–water partition coefficient (Wildman–Crippen LogP) is 4.96. The lowest BCUT2D eigenvalue weighted by Crippen LogP contribution is -2.39. The molecule has 0 radical (unpaired) electrons. The number of hydrogen-bond acceptors (Lipinski definition) is 2. The van der Waals surface area contributed by atoms with E-state index in [9.17, 15) is 9.59 Å². The number of fused-ring (bicyclic) bond motifs is 1. The largest absolute Gasteiger partial charge is 0.338 e. The Morgan fingerprint density at radius 3 is 2.50 bits per heavy atom. The molecule has 3 aromatic carbocycles. The van der Waals surface area contributed by atoms with Gasteiger partial charge in [0.15, 0.2) is 0 Å². The van der Waals surface area contributed by atoms with Gasteiger partial charge in [0, 0.05) is 18.7 Å². The van der Waals surface area contributed by atoms with Gasteiger partial charge in [-0.2, -0.15) is 0 Å². The van der Waals surface area contributed by atoms with Crippen molar-refractivity contribution in [2.45, 2.75) is 19.8 Å². The fraction of sp³-hybridized carbons (Fsp3) is 0.250. The Morgan fingerprint density at radius 2 is 1.64 bits per heavy atom. The molecule has 1 saturated heterocycles. The van der Waals surface area contributed by atoms with Gasteiger partial charge in [0.25, 0.3) is 11.8 Å². The van der Waals surface area contributed by atoms with E-state index < -0.39 is 0 Å². The second kappa shape index (κ2) is 7.85. The van der Waals surface area contributed by atoms with E-state index in [1.165, 1.54) is 0 Å². The molecule has 142 valence electrons. The lowest BCUT2D eigenvalue weighted by molar-refractivity contribution is 0.0684. The molecule has 2 amide bonds. The van der Waals surface area contributed by atoms with Gasteiger partial charge in [-0.05, 0) is 47.7 Å². The molecule has 1 atom stereocenters. The van der Waals surface area contributed by atoms with Gasteiger partial charge in [0.2, 0.25) is 0 Å². The number of carbonyl (C=O) groups excluding carboxylic acids is 2.